The molecule has 1 amide bonds. The molecular weight excluding hydrogens is 272 g/mol. The summed E-state index contributed by atoms with van der Waals surface area (Å²) in [5.74, 6) is 0.323. The fourth-order valence-corrected chi connectivity index (χ4v) is 3.60. The molecule has 6 heteroatoms. The molecule has 0 radical (unpaired) electrons. The van der Waals surface area contributed by atoms with Gasteiger partial charge < -0.3 is 5.32 Å². The Labute approximate surface area is 122 Å². The van der Waals surface area contributed by atoms with E-state index in [0.717, 1.165) is 11.3 Å². The number of carbonyl (C=O) groups excluding carboxylic acids is 1. The summed E-state index contributed by atoms with van der Waals surface area (Å²) < 4.78 is 1.82. The maximum absolute atomic E-state index is 11.7. The molecular formula is C14H18N4OS. The van der Waals surface area contributed by atoms with Crippen LogP contribution in [0.15, 0.2) is 11.1 Å². The van der Waals surface area contributed by atoms with Crippen molar-refractivity contribution < 1.29 is 4.79 Å². The molecule has 106 valence electrons. The van der Waals surface area contributed by atoms with E-state index in [-0.39, 0.29) is 11.1 Å². The van der Waals surface area contributed by atoms with Crippen molar-refractivity contribution in [3.05, 3.63) is 22.4 Å². The quantitative estimate of drug-likeness (QED) is 0.822. The van der Waals surface area contributed by atoms with Crippen LogP contribution >= 0.6 is 11.8 Å². The minimum atomic E-state index is -0.182. The molecule has 20 heavy (non-hydrogen) atoms. The molecule has 0 spiro atoms. The van der Waals surface area contributed by atoms with Gasteiger partial charge in [0.25, 0.3) is 5.91 Å². The van der Waals surface area contributed by atoms with Gasteiger partial charge in [-0.15, -0.1) is 0 Å². The van der Waals surface area contributed by atoms with Crippen molar-refractivity contribution >= 4 is 28.9 Å². The molecule has 2 fully saturated rings. The van der Waals surface area contributed by atoms with Crippen molar-refractivity contribution in [1.29, 1.82) is 5.41 Å². The van der Waals surface area contributed by atoms with Crippen LogP contribution < -0.4 is 5.32 Å². The van der Waals surface area contributed by atoms with Gasteiger partial charge in [0.15, 0.2) is 5.17 Å². The lowest BCUT2D eigenvalue weighted by molar-refractivity contribution is -0.115. The second-order valence-electron chi connectivity index (χ2n) is 5.37. The Morgan fingerprint density at radius 2 is 2.20 bits per heavy atom. The molecule has 1 aliphatic carbocycles. The predicted octanol–water partition coefficient (Wildman–Crippen LogP) is 2.61. The van der Waals surface area contributed by atoms with Crippen LogP contribution in [0.2, 0.25) is 0 Å². The first-order chi connectivity index (χ1) is 9.63. The number of nitrogens with one attached hydrogen (secondary N) is 2. The molecule has 0 aromatic carbocycles. The fourth-order valence-electron chi connectivity index (χ4n) is 2.91. The van der Waals surface area contributed by atoms with Gasteiger partial charge in [0.05, 0.1) is 10.6 Å². The minimum absolute atomic E-state index is 0.182. The van der Waals surface area contributed by atoms with Crippen molar-refractivity contribution in [3.8, 4) is 0 Å². The van der Waals surface area contributed by atoms with Gasteiger partial charge in [-0.3, -0.25) is 14.9 Å². The number of amides is 1. The van der Waals surface area contributed by atoms with E-state index < -0.39 is 0 Å². The minimum Gasteiger partial charge on any atom is -0.301 e. The summed E-state index contributed by atoms with van der Waals surface area (Å²) in [5.41, 5.74) is 2.12. The molecule has 3 rings (SSSR count). The molecule has 1 aromatic rings. The van der Waals surface area contributed by atoms with E-state index in [1.807, 2.05) is 24.0 Å². The molecule has 0 unspecified atom stereocenters. The van der Waals surface area contributed by atoms with E-state index >= 15 is 0 Å². The molecule has 0 bridgehead atoms. The van der Waals surface area contributed by atoms with Crippen molar-refractivity contribution in [2.45, 2.75) is 38.0 Å². The van der Waals surface area contributed by atoms with Crippen LogP contribution in [0.25, 0.3) is 6.08 Å². The highest BCUT2D eigenvalue weighted by Crippen LogP contribution is 2.35. The number of aryl methyl sites for hydroxylation is 1. The maximum atomic E-state index is 11.7. The third-order valence-electron chi connectivity index (χ3n) is 3.83. The molecule has 1 saturated heterocycles. The van der Waals surface area contributed by atoms with Gasteiger partial charge >= 0.3 is 0 Å². The van der Waals surface area contributed by atoms with Crippen LogP contribution in [0.4, 0.5) is 0 Å². The monoisotopic (exact) mass is 290 g/mol. The molecule has 2 heterocycles. The SMILES string of the molecule is Cn1cc(C=C2SC(=N)NC2=O)c(C2CCCCC2)n1. The van der Waals surface area contributed by atoms with E-state index in [1.165, 1.54) is 43.9 Å². The van der Waals surface area contributed by atoms with E-state index in [1.54, 1.807) is 0 Å². The van der Waals surface area contributed by atoms with Crippen molar-refractivity contribution in [2.75, 3.05) is 0 Å². The number of rotatable bonds is 2. The molecule has 1 aliphatic heterocycles. The van der Waals surface area contributed by atoms with Gasteiger partial charge in [-0.2, -0.15) is 5.10 Å². The summed E-state index contributed by atoms with van der Waals surface area (Å²) in [7, 11) is 1.91. The first-order valence-electron chi connectivity index (χ1n) is 6.96. The van der Waals surface area contributed by atoms with E-state index in [4.69, 9.17) is 5.41 Å². The Balaban J connectivity index is 1.91. The highest BCUT2D eigenvalue weighted by atomic mass is 32.2. The molecule has 2 aliphatic rings. The maximum Gasteiger partial charge on any atom is 0.264 e. The molecule has 2 N–H and O–H groups in total. The smallest absolute Gasteiger partial charge is 0.264 e. The zero-order chi connectivity index (χ0) is 14.1. The molecule has 0 atom stereocenters. The van der Waals surface area contributed by atoms with Crippen molar-refractivity contribution in [2.24, 2.45) is 7.05 Å². The zero-order valence-corrected chi connectivity index (χ0v) is 12.3. The van der Waals surface area contributed by atoms with Crippen molar-refractivity contribution in [3.63, 3.8) is 0 Å². The second-order valence-corrected chi connectivity index (χ2v) is 6.42. The van der Waals surface area contributed by atoms with Crippen LogP contribution in [-0.4, -0.2) is 20.9 Å². The third kappa shape index (κ3) is 2.65. The number of carbonyl (C=O) groups is 1. The Hall–Kier alpha value is -1.56. The van der Waals surface area contributed by atoms with Crippen LogP contribution in [-0.2, 0) is 11.8 Å². The lowest BCUT2D eigenvalue weighted by atomic mass is 9.85. The molecule has 1 saturated carbocycles. The average molecular weight is 290 g/mol. The topological polar surface area (TPSA) is 70.8 Å². The Morgan fingerprint density at radius 3 is 2.85 bits per heavy atom. The van der Waals surface area contributed by atoms with E-state index in [2.05, 4.69) is 10.4 Å². The number of nitrogens with zero attached hydrogens (tertiary/aromatic N) is 2. The first kappa shape index (κ1) is 13.4. The molecule has 5 nitrogen and oxygen atoms in total. The number of hydrogen-bond donors (Lipinski definition) is 2. The lowest BCUT2D eigenvalue weighted by Gasteiger charge is -2.20. The number of hydrogen-bond acceptors (Lipinski definition) is 4. The lowest BCUT2D eigenvalue weighted by Crippen LogP contribution is -2.18. The summed E-state index contributed by atoms with van der Waals surface area (Å²) in [6, 6.07) is 0. The Kier molecular flexibility index (Phi) is 3.65. The normalized spacial score (nSPS) is 22.6. The number of aromatic nitrogens is 2. The van der Waals surface area contributed by atoms with Gasteiger partial charge in [-0.25, -0.2) is 0 Å². The Morgan fingerprint density at radius 1 is 1.45 bits per heavy atom. The van der Waals surface area contributed by atoms with Gasteiger partial charge in [0, 0.05) is 24.7 Å². The second kappa shape index (κ2) is 5.44. The predicted molar refractivity (Wildman–Crippen MR) is 80.5 cm³/mol. The zero-order valence-electron chi connectivity index (χ0n) is 11.5. The van der Waals surface area contributed by atoms with Crippen LogP contribution in [0.3, 0.4) is 0 Å². The van der Waals surface area contributed by atoms with Crippen LogP contribution in [0.5, 0.6) is 0 Å². The fraction of sp³-hybridized carbons (Fsp3) is 0.500. The largest absolute Gasteiger partial charge is 0.301 e. The van der Waals surface area contributed by atoms with Crippen molar-refractivity contribution in [1.82, 2.24) is 15.1 Å². The summed E-state index contributed by atoms with van der Waals surface area (Å²) >= 11 is 1.18. The first-order valence-corrected chi connectivity index (χ1v) is 7.78. The van der Waals surface area contributed by atoms with Gasteiger partial charge in [-0.1, -0.05) is 19.3 Å². The highest BCUT2D eigenvalue weighted by Gasteiger charge is 2.25. The average Bonchev–Trinajstić information content (AvgIpc) is 2.94. The molecule has 1 aromatic heterocycles. The van der Waals surface area contributed by atoms with Gasteiger partial charge in [0.1, 0.15) is 0 Å². The summed E-state index contributed by atoms with van der Waals surface area (Å²) in [6.45, 7) is 0. The third-order valence-corrected chi connectivity index (χ3v) is 4.66. The number of amidine groups is 1. The van der Waals surface area contributed by atoms with Crippen LogP contribution in [0.1, 0.15) is 49.3 Å². The van der Waals surface area contributed by atoms with Gasteiger partial charge in [0.2, 0.25) is 0 Å². The van der Waals surface area contributed by atoms with E-state index in [0.29, 0.717) is 10.8 Å². The Bertz CT molecular complexity index is 584. The van der Waals surface area contributed by atoms with Gasteiger partial charge in [-0.05, 0) is 30.7 Å². The standard InChI is InChI=1S/C14H18N4OS/c1-18-8-10(7-11-13(19)16-14(15)20-11)12(17-18)9-5-3-2-4-6-9/h7-9H,2-6H2,1H3,(H2,15,16,19). The highest BCUT2D eigenvalue weighted by molar-refractivity contribution is 8.18. The van der Waals surface area contributed by atoms with E-state index in [9.17, 15) is 4.79 Å². The number of thioether (sulfide) groups is 1. The summed E-state index contributed by atoms with van der Waals surface area (Å²) in [5, 5.41) is 14.8. The summed E-state index contributed by atoms with van der Waals surface area (Å²) in [6.07, 6.45) is 10.0. The van der Waals surface area contributed by atoms with Crippen LogP contribution in [0, 0.1) is 5.41 Å². The summed E-state index contributed by atoms with van der Waals surface area (Å²) in [4.78, 5) is 12.3.